The standard InChI is InChI=1S/C15H15NO3/c1-9(2)8-16-13(15(18)19)7-11-6-10(3)4-5-12(11)14(16)17/h4-7H,1,8H2,2-3H3,(H,18,19). The van der Waals surface area contributed by atoms with E-state index < -0.39 is 5.97 Å². The van der Waals surface area contributed by atoms with Crippen LogP contribution in [0, 0.1) is 6.92 Å². The second-order valence-corrected chi connectivity index (χ2v) is 4.77. The van der Waals surface area contributed by atoms with Gasteiger partial charge in [0, 0.05) is 11.9 Å². The van der Waals surface area contributed by atoms with Gasteiger partial charge in [0.2, 0.25) is 0 Å². The van der Waals surface area contributed by atoms with Gasteiger partial charge in [0.15, 0.2) is 0 Å². The van der Waals surface area contributed by atoms with Gasteiger partial charge in [0.1, 0.15) is 5.69 Å². The lowest BCUT2D eigenvalue weighted by Crippen LogP contribution is -2.26. The molecule has 2 aromatic rings. The van der Waals surface area contributed by atoms with Crippen molar-refractivity contribution >= 4 is 16.7 Å². The number of carboxylic acids is 1. The number of carbonyl (C=O) groups is 1. The van der Waals surface area contributed by atoms with Crippen LogP contribution in [0.25, 0.3) is 10.8 Å². The van der Waals surface area contributed by atoms with Crippen LogP contribution < -0.4 is 5.56 Å². The number of fused-ring (bicyclic) bond motifs is 1. The third-order valence-corrected chi connectivity index (χ3v) is 2.91. The molecular formula is C15H15NO3. The first-order valence-corrected chi connectivity index (χ1v) is 5.92. The van der Waals surface area contributed by atoms with E-state index in [0.29, 0.717) is 10.8 Å². The van der Waals surface area contributed by atoms with Gasteiger partial charge < -0.3 is 5.11 Å². The molecule has 0 saturated heterocycles. The summed E-state index contributed by atoms with van der Waals surface area (Å²) in [7, 11) is 0. The Morgan fingerprint density at radius 1 is 1.37 bits per heavy atom. The zero-order valence-corrected chi connectivity index (χ0v) is 10.9. The maximum Gasteiger partial charge on any atom is 0.352 e. The Kier molecular flexibility index (Phi) is 3.25. The number of aromatic carboxylic acids is 1. The highest BCUT2D eigenvalue weighted by molar-refractivity contribution is 5.92. The number of rotatable bonds is 3. The van der Waals surface area contributed by atoms with Gasteiger partial charge in [-0.15, -0.1) is 0 Å². The second kappa shape index (κ2) is 4.72. The van der Waals surface area contributed by atoms with Crippen molar-refractivity contribution in [2.75, 3.05) is 0 Å². The van der Waals surface area contributed by atoms with Crippen molar-refractivity contribution in [3.05, 3.63) is 58.0 Å². The van der Waals surface area contributed by atoms with Crippen LogP contribution in [0.15, 0.2) is 41.2 Å². The zero-order chi connectivity index (χ0) is 14.2. The first kappa shape index (κ1) is 13.1. The molecule has 4 heteroatoms. The molecule has 4 nitrogen and oxygen atoms in total. The van der Waals surface area contributed by atoms with Crippen LogP contribution in [0.2, 0.25) is 0 Å². The summed E-state index contributed by atoms with van der Waals surface area (Å²) in [5, 5.41) is 10.4. The van der Waals surface area contributed by atoms with Crippen LogP contribution in [0.3, 0.4) is 0 Å². The Bertz CT molecular complexity index is 741. The second-order valence-electron chi connectivity index (χ2n) is 4.77. The fraction of sp³-hybridized carbons (Fsp3) is 0.200. The number of hydrogen-bond acceptors (Lipinski definition) is 2. The summed E-state index contributed by atoms with van der Waals surface area (Å²) in [6, 6.07) is 6.92. The number of hydrogen-bond donors (Lipinski definition) is 1. The van der Waals surface area contributed by atoms with Crippen molar-refractivity contribution in [1.29, 1.82) is 0 Å². The predicted octanol–water partition coefficient (Wildman–Crippen LogP) is 2.58. The molecule has 1 aromatic heterocycles. The first-order valence-electron chi connectivity index (χ1n) is 5.92. The van der Waals surface area contributed by atoms with E-state index in [1.165, 1.54) is 10.6 Å². The number of carboxylic acid groups (broad SMARTS) is 1. The average Bonchev–Trinajstić information content (AvgIpc) is 2.31. The Labute approximate surface area is 110 Å². The minimum atomic E-state index is -1.11. The number of benzene rings is 1. The smallest absolute Gasteiger partial charge is 0.352 e. The number of aryl methyl sites for hydroxylation is 1. The Balaban J connectivity index is 2.85. The van der Waals surface area contributed by atoms with Crippen LogP contribution in [-0.4, -0.2) is 15.6 Å². The van der Waals surface area contributed by atoms with E-state index in [0.717, 1.165) is 11.1 Å². The lowest BCUT2D eigenvalue weighted by molar-refractivity contribution is 0.0684. The van der Waals surface area contributed by atoms with Gasteiger partial charge in [0.25, 0.3) is 5.56 Å². The van der Waals surface area contributed by atoms with E-state index in [2.05, 4.69) is 6.58 Å². The van der Waals surface area contributed by atoms with Gasteiger partial charge in [-0.2, -0.15) is 0 Å². The lowest BCUT2D eigenvalue weighted by atomic mass is 10.1. The molecule has 0 amide bonds. The van der Waals surface area contributed by atoms with Crippen LogP contribution >= 0.6 is 0 Å². The fourth-order valence-corrected chi connectivity index (χ4v) is 2.08. The van der Waals surface area contributed by atoms with Crippen LogP contribution in [-0.2, 0) is 6.54 Å². The van der Waals surface area contributed by atoms with Gasteiger partial charge in [-0.25, -0.2) is 4.79 Å². The summed E-state index contributed by atoms with van der Waals surface area (Å²) in [5.41, 5.74) is 1.42. The molecule has 0 atom stereocenters. The van der Waals surface area contributed by atoms with E-state index in [1.807, 2.05) is 19.1 Å². The van der Waals surface area contributed by atoms with E-state index in [-0.39, 0.29) is 17.8 Å². The van der Waals surface area contributed by atoms with E-state index in [4.69, 9.17) is 0 Å². The van der Waals surface area contributed by atoms with Gasteiger partial charge in [-0.05, 0) is 31.4 Å². The summed E-state index contributed by atoms with van der Waals surface area (Å²) in [5.74, 6) is -1.11. The maximum absolute atomic E-state index is 12.4. The first-order chi connectivity index (χ1) is 8.90. The average molecular weight is 257 g/mol. The molecule has 0 aliphatic carbocycles. The molecule has 0 aliphatic heterocycles. The molecule has 1 aromatic carbocycles. The molecule has 0 bridgehead atoms. The van der Waals surface area contributed by atoms with Gasteiger partial charge >= 0.3 is 5.97 Å². The third-order valence-electron chi connectivity index (χ3n) is 2.91. The molecule has 0 saturated carbocycles. The van der Waals surface area contributed by atoms with Crippen molar-refractivity contribution in [3.63, 3.8) is 0 Å². The van der Waals surface area contributed by atoms with Gasteiger partial charge in [-0.1, -0.05) is 29.8 Å². The molecular weight excluding hydrogens is 242 g/mol. The Morgan fingerprint density at radius 2 is 2.05 bits per heavy atom. The van der Waals surface area contributed by atoms with Crippen LogP contribution in [0.1, 0.15) is 23.0 Å². The Morgan fingerprint density at radius 3 is 2.63 bits per heavy atom. The largest absolute Gasteiger partial charge is 0.477 e. The summed E-state index contributed by atoms with van der Waals surface area (Å²) < 4.78 is 1.25. The molecule has 0 spiro atoms. The highest BCUT2D eigenvalue weighted by Gasteiger charge is 2.14. The predicted molar refractivity (Wildman–Crippen MR) is 74.7 cm³/mol. The van der Waals surface area contributed by atoms with E-state index in [9.17, 15) is 14.7 Å². The summed E-state index contributed by atoms with van der Waals surface area (Å²) in [6.07, 6.45) is 0. The highest BCUT2D eigenvalue weighted by Crippen LogP contribution is 2.15. The fourth-order valence-electron chi connectivity index (χ4n) is 2.08. The molecule has 19 heavy (non-hydrogen) atoms. The number of pyridine rings is 1. The topological polar surface area (TPSA) is 59.3 Å². The van der Waals surface area contributed by atoms with Gasteiger partial charge in [-0.3, -0.25) is 9.36 Å². The van der Waals surface area contributed by atoms with Crippen molar-refractivity contribution in [1.82, 2.24) is 4.57 Å². The minimum absolute atomic E-state index is 0.00824. The Hall–Kier alpha value is -2.36. The normalized spacial score (nSPS) is 10.6. The molecule has 2 rings (SSSR count). The van der Waals surface area contributed by atoms with Crippen LogP contribution in [0.4, 0.5) is 0 Å². The SMILES string of the molecule is C=C(C)Cn1c(C(=O)O)cc2cc(C)ccc2c1=O. The van der Waals surface area contributed by atoms with Crippen LogP contribution in [0.5, 0.6) is 0 Å². The molecule has 0 radical (unpaired) electrons. The molecule has 98 valence electrons. The quantitative estimate of drug-likeness (QED) is 0.860. The monoisotopic (exact) mass is 257 g/mol. The van der Waals surface area contributed by atoms with Crippen molar-refractivity contribution in [3.8, 4) is 0 Å². The molecule has 1 N–H and O–H groups in total. The summed E-state index contributed by atoms with van der Waals surface area (Å²) >= 11 is 0. The molecule has 0 fully saturated rings. The number of nitrogens with zero attached hydrogens (tertiary/aromatic N) is 1. The maximum atomic E-state index is 12.4. The minimum Gasteiger partial charge on any atom is -0.477 e. The van der Waals surface area contributed by atoms with Crippen molar-refractivity contribution < 1.29 is 9.90 Å². The van der Waals surface area contributed by atoms with E-state index in [1.54, 1.807) is 13.0 Å². The molecule has 1 heterocycles. The van der Waals surface area contributed by atoms with Crippen molar-refractivity contribution in [2.45, 2.75) is 20.4 Å². The summed E-state index contributed by atoms with van der Waals surface area (Å²) in [6.45, 7) is 7.61. The third kappa shape index (κ3) is 2.42. The number of aromatic nitrogens is 1. The molecule has 0 unspecified atom stereocenters. The van der Waals surface area contributed by atoms with Crippen molar-refractivity contribution in [2.24, 2.45) is 0 Å². The summed E-state index contributed by atoms with van der Waals surface area (Å²) in [4.78, 5) is 23.7. The zero-order valence-electron chi connectivity index (χ0n) is 10.9. The molecule has 0 aliphatic rings. The van der Waals surface area contributed by atoms with E-state index >= 15 is 0 Å². The number of allylic oxidation sites excluding steroid dienone is 1. The van der Waals surface area contributed by atoms with Gasteiger partial charge in [0.05, 0.1) is 0 Å². The lowest BCUT2D eigenvalue weighted by Gasteiger charge is -2.11. The highest BCUT2D eigenvalue weighted by atomic mass is 16.4.